The van der Waals surface area contributed by atoms with Crippen molar-refractivity contribution in [2.24, 2.45) is 0 Å². The van der Waals surface area contributed by atoms with Crippen LogP contribution in [0.15, 0.2) is 54.6 Å². The second-order valence-electron chi connectivity index (χ2n) is 6.42. The normalized spacial score (nSPS) is 12.0. The molecule has 0 aliphatic rings. The van der Waals surface area contributed by atoms with Gasteiger partial charge in [0.2, 0.25) is 0 Å². The first-order valence-electron chi connectivity index (χ1n) is 8.72. The molecule has 0 unspecified atom stereocenters. The number of benzene rings is 2. The molecule has 3 aromatic rings. The van der Waals surface area contributed by atoms with E-state index >= 15 is 0 Å². The number of carbonyl (C=O) groups is 1. The van der Waals surface area contributed by atoms with Crippen molar-refractivity contribution < 1.29 is 4.79 Å². The van der Waals surface area contributed by atoms with Crippen LogP contribution in [-0.2, 0) is 0 Å². The maximum Gasteiger partial charge on any atom is 0.270 e. The van der Waals surface area contributed by atoms with E-state index in [1.165, 1.54) is 0 Å². The quantitative estimate of drug-likeness (QED) is 0.687. The zero-order valence-electron chi connectivity index (χ0n) is 15.2. The van der Waals surface area contributed by atoms with E-state index < -0.39 is 0 Å². The fourth-order valence-electron chi connectivity index (χ4n) is 2.63. The Morgan fingerprint density at radius 2 is 1.88 bits per heavy atom. The summed E-state index contributed by atoms with van der Waals surface area (Å²) in [6.45, 7) is 6.05. The molecule has 1 N–H and O–H groups in total. The third-order valence-electron chi connectivity index (χ3n) is 4.36. The molecule has 0 aliphatic carbocycles. The van der Waals surface area contributed by atoms with Gasteiger partial charge in [-0.1, -0.05) is 54.4 Å². The number of nitrogens with one attached hydrogen (secondary N) is 1. The molecule has 0 bridgehead atoms. The molecule has 0 radical (unpaired) electrons. The van der Waals surface area contributed by atoms with Gasteiger partial charge in [-0.05, 0) is 44.5 Å². The van der Waals surface area contributed by atoms with Gasteiger partial charge in [-0.3, -0.25) is 4.79 Å². The Bertz CT molecular complexity index is 915. The third kappa shape index (κ3) is 3.81. The number of hydrogen-bond donors (Lipinski definition) is 1. The van der Waals surface area contributed by atoms with Crippen molar-refractivity contribution in [2.45, 2.75) is 33.2 Å². The molecule has 0 fully saturated rings. The minimum absolute atomic E-state index is 0.0904. The molecule has 26 heavy (non-hydrogen) atoms. The Morgan fingerprint density at radius 1 is 1.19 bits per heavy atom. The summed E-state index contributed by atoms with van der Waals surface area (Å²) >= 11 is 6.32. The molecule has 4 nitrogen and oxygen atoms in total. The van der Waals surface area contributed by atoms with E-state index in [9.17, 15) is 4.79 Å². The van der Waals surface area contributed by atoms with Gasteiger partial charge in [0, 0.05) is 11.6 Å². The number of carbonyl (C=O) groups excluding carboxylic acids is 1. The van der Waals surface area contributed by atoms with Gasteiger partial charge >= 0.3 is 0 Å². The van der Waals surface area contributed by atoms with E-state index in [4.69, 9.17) is 11.6 Å². The summed E-state index contributed by atoms with van der Waals surface area (Å²) < 4.78 is 1.68. The number of halogens is 1. The monoisotopic (exact) mass is 367 g/mol. The van der Waals surface area contributed by atoms with Gasteiger partial charge in [-0.2, -0.15) is 5.10 Å². The number of aryl methyl sites for hydroxylation is 1. The van der Waals surface area contributed by atoms with Crippen molar-refractivity contribution in [3.63, 3.8) is 0 Å². The van der Waals surface area contributed by atoms with Crippen molar-refractivity contribution in [2.75, 3.05) is 0 Å². The van der Waals surface area contributed by atoms with Crippen molar-refractivity contribution >= 4 is 17.5 Å². The lowest BCUT2D eigenvalue weighted by atomic mass is 10.1. The molecule has 2 aromatic carbocycles. The predicted octanol–water partition coefficient (Wildman–Crippen LogP) is 5.03. The first-order chi connectivity index (χ1) is 12.5. The van der Waals surface area contributed by atoms with Crippen LogP contribution < -0.4 is 5.32 Å². The summed E-state index contributed by atoms with van der Waals surface area (Å²) in [5.74, 6) is -0.147. The molecule has 0 aliphatic heterocycles. The summed E-state index contributed by atoms with van der Waals surface area (Å²) in [7, 11) is 0. The van der Waals surface area contributed by atoms with Crippen molar-refractivity contribution in [3.8, 4) is 16.9 Å². The van der Waals surface area contributed by atoms with Crippen molar-refractivity contribution in [3.05, 3.63) is 70.9 Å². The predicted molar refractivity (Wildman–Crippen MR) is 106 cm³/mol. The lowest BCUT2D eigenvalue weighted by Crippen LogP contribution is -2.33. The molecule has 1 amide bonds. The SMILES string of the molecule is CC[C@@H](C)NC(=O)c1cc(-c2ccccc2Cl)nn1-c1ccc(C)cc1. The Balaban J connectivity index is 2.10. The number of aromatic nitrogens is 2. The van der Waals surface area contributed by atoms with Crippen LogP contribution in [0.2, 0.25) is 5.02 Å². The highest BCUT2D eigenvalue weighted by molar-refractivity contribution is 6.33. The summed E-state index contributed by atoms with van der Waals surface area (Å²) in [6, 6.07) is 17.3. The molecule has 0 saturated carbocycles. The maximum absolute atomic E-state index is 12.8. The molecule has 5 heteroatoms. The molecule has 0 saturated heterocycles. The van der Waals surface area contributed by atoms with E-state index in [-0.39, 0.29) is 11.9 Å². The van der Waals surface area contributed by atoms with Gasteiger partial charge < -0.3 is 5.32 Å². The van der Waals surface area contributed by atoms with E-state index in [0.717, 1.165) is 23.2 Å². The lowest BCUT2D eigenvalue weighted by Gasteiger charge is -2.12. The van der Waals surface area contributed by atoms with Gasteiger partial charge in [0.25, 0.3) is 5.91 Å². The Hall–Kier alpha value is -2.59. The van der Waals surface area contributed by atoms with Crippen LogP contribution in [0.4, 0.5) is 0 Å². The number of amides is 1. The molecule has 1 atom stereocenters. The third-order valence-corrected chi connectivity index (χ3v) is 4.69. The first-order valence-corrected chi connectivity index (χ1v) is 9.10. The number of hydrogen-bond acceptors (Lipinski definition) is 2. The number of rotatable bonds is 5. The van der Waals surface area contributed by atoms with Crippen LogP contribution >= 0.6 is 11.6 Å². The molecule has 1 heterocycles. The highest BCUT2D eigenvalue weighted by Crippen LogP contribution is 2.28. The topological polar surface area (TPSA) is 46.9 Å². The molecular formula is C21H22ClN3O. The highest BCUT2D eigenvalue weighted by Gasteiger charge is 2.19. The summed E-state index contributed by atoms with van der Waals surface area (Å²) in [6.07, 6.45) is 0.863. The summed E-state index contributed by atoms with van der Waals surface area (Å²) in [5.41, 5.74) is 3.95. The summed E-state index contributed by atoms with van der Waals surface area (Å²) in [5, 5.41) is 8.29. The number of nitrogens with zero attached hydrogens (tertiary/aromatic N) is 2. The largest absolute Gasteiger partial charge is 0.348 e. The van der Waals surface area contributed by atoms with E-state index in [0.29, 0.717) is 16.4 Å². The minimum atomic E-state index is -0.147. The van der Waals surface area contributed by atoms with Gasteiger partial charge in [-0.25, -0.2) is 4.68 Å². The van der Waals surface area contributed by atoms with Crippen LogP contribution in [0.5, 0.6) is 0 Å². The minimum Gasteiger partial charge on any atom is -0.348 e. The van der Waals surface area contributed by atoms with Gasteiger partial charge in [0.15, 0.2) is 0 Å². The van der Waals surface area contributed by atoms with Gasteiger partial charge in [-0.15, -0.1) is 0 Å². The van der Waals surface area contributed by atoms with Crippen LogP contribution in [-0.4, -0.2) is 21.7 Å². The van der Waals surface area contributed by atoms with Crippen molar-refractivity contribution in [1.82, 2.24) is 15.1 Å². The molecule has 134 valence electrons. The Morgan fingerprint density at radius 3 is 2.54 bits per heavy atom. The van der Waals surface area contributed by atoms with E-state index in [2.05, 4.69) is 10.4 Å². The first kappa shape index (κ1) is 18.2. The Labute approximate surface area is 158 Å². The molecule has 0 spiro atoms. The van der Waals surface area contributed by atoms with Crippen LogP contribution in [0.3, 0.4) is 0 Å². The molecule has 3 rings (SSSR count). The Kier molecular flexibility index (Phi) is 5.43. The van der Waals surface area contributed by atoms with Gasteiger partial charge in [0.05, 0.1) is 16.4 Å². The van der Waals surface area contributed by atoms with Crippen LogP contribution in [0.1, 0.15) is 36.3 Å². The lowest BCUT2D eigenvalue weighted by molar-refractivity contribution is 0.0931. The molecular weight excluding hydrogens is 346 g/mol. The highest BCUT2D eigenvalue weighted by atomic mass is 35.5. The average Bonchev–Trinajstić information content (AvgIpc) is 3.08. The second-order valence-corrected chi connectivity index (χ2v) is 6.83. The fraction of sp³-hybridized carbons (Fsp3) is 0.238. The maximum atomic E-state index is 12.8. The van der Waals surface area contributed by atoms with Crippen molar-refractivity contribution in [1.29, 1.82) is 0 Å². The zero-order chi connectivity index (χ0) is 18.7. The fourth-order valence-corrected chi connectivity index (χ4v) is 2.86. The zero-order valence-corrected chi connectivity index (χ0v) is 15.9. The smallest absolute Gasteiger partial charge is 0.270 e. The summed E-state index contributed by atoms with van der Waals surface area (Å²) in [4.78, 5) is 12.8. The van der Waals surface area contributed by atoms with E-state index in [1.807, 2.05) is 69.3 Å². The average molecular weight is 368 g/mol. The van der Waals surface area contributed by atoms with E-state index in [1.54, 1.807) is 10.7 Å². The van der Waals surface area contributed by atoms with Gasteiger partial charge in [0.1, 0.15) is 5.69 Å². The van der Waals surface area contributed by atoms with Crippen LogP contribution in [0.25, 0.3) is 16.9 Å². The second kappa shape index (κ2) is 7.75. The molecule has 1 aromatic heterocycles. The standard InChI is InChI=1S/C21H22ClN3O/c1-4-15(3)23-21(26)20-13-19(17-7-5-6-8-18(17)22)24-25(20)16-11-9-14(2)10-12-16/h5-13,15H,4H2,1-3H3,(H,23,26)/t15-/m1/s1. The van der Waals surface area contributed by atoms with Crippen LogP contribution in [0, 0.1) is 6.92 Å².